The summed E-state index contributed by atoms with van der Waals surface area (Å²) >= 11 is 0. The first-order valence-electron chi connectivity index (χ1n) is 12.1. The van der Waals surface area contributed by atoms with Crippen LogP contribution in [-0.2, 0) is 9.59 Å². The van der Waals surface area contributed by atoms with Crippen LogP contribution >= 0.6 is 0 Å². The second kappa shape index (κ2) is 7.21. The predicted octanol–water partition coefficient (Wildman–Crippen LogP) is 5.62. The van der Waals surface area contributed by atoms with E-state index in [9.17, 15) is 9.59 Å². The van der Waals surface area contributed by atoms with Gasteiger partial charge in [0.25, 0.3) is 0 Å². The van der Waals surface area contributed by atoms with Gasteiger partial charge in [-0.05, 0) is 80.8 Å². The van der Waals surface area contributed by atoms with E-state index in [4.69, 9.17) is 0 Å². The fourth-order valence-corrected chi connectivity index (χ4v) is 8.29. The molecule has 1 aromatic carbocycles. The van der Waals surface area contributed by atoms with E-state index < -0.39 is 0 Å². The predicted molar refractivity (Wildman–Crippen MR) is 123 cm³/mol. The van der Waals surface area contributed by atoms with Gasteiger partial charge < -0.3 is 10.2 Å². The van der Waals surface area contributed by atoms with Crippen LogP contribution < -0.4 is 5.32 Å². The molecule has 1 aliphatic heterocycles. The van der Waals surface area contributed by atoms with Crippen LogP contribution in [0.3, 0.4) is 0 Å². The Bertz CT molecular complexity index is 938. The molecule has 0 spiro atoms. The van der Waals surface area contributed by atoms with Gasteiger partial charge >= 0.3 is 0 Å². The van der Waals surface area contributed by atoms with Crippen molar-refractivity contribution in [2.45, 2.75) is 65.7 Å². The van der Waals surface area contributed by atoms with Crippen molar-refractivity contribution < 1.29 is 9.59 Å². The Labute approximate surface area is 186 Å². The number of allylic oxidation sites excluding steroid dienone is 2. The first-order chi connectivity index (χ1) is 14.8. The molecule has 4 nitrogen and oxygen atoms in total. The lowest BCUT2D eigenvalue weighted by atomic mass is 9.48. The monoisotopic (exact) mass is 420 g/mol. The molecule has 3 unspecified atom stereocenters. The van der Waals surface area contributed by atoms with Crippen LogP contribution in [0.1, 0.15) is 65.7 Å². The van der Waals surface area contributed by atoms with E-state index in [1.807, 2.05) is 42.3 Å². The van der Waals surface area contributed by atoms with E-state index in [2.05, 4.69) is 26.1 Å². The molecule has 3 aliphatic carbocycles. The normalized spacial score (nSPS) is 39.6. The number of likely N-dealkylation sites (tertiary alicyclic amines) is 1. The van der Waals surface area contributed by atoms with Crippen molar-refractivity contribution in [2.75, 3.05) is 12.4 Å². The number of carbonyl (C=O) groups is 2. The second-order valence-electron chi connectivity index (χ2n) is 11.1. The van der Waals surface area contributed by atoms with E-state index in [0.29, 0.717) is 24.2 Å². The maximum Gasteiger partial charge on any atom is 0.228 e. The topological polar surface area (TPSA) is 49.4 Å². The third kappa shape index (κ3) is 3.01. The summed E-state index contributed by atoms with van der Waals surface area (Å²) in [6.45, 7) is 7.06. The average molecular weight is 421 g/mol. The van der Waals surface area contributed by atoms with Crippen LogP contribution in [0.25, 0.3) is 0 Å². The van der Waals surface area contributed by atoms with E-state index in [1.165, 1.54) is 17.7 Å². The van der Waals surface area contributed by atoms with Crippen molar-refractivity contribution in [3.63, 3.8) is 0 Å². The number of carbonyl (C=O) groups excluding carboxylic acids is 2. The van der Waals surface area contributed by atoms with Gasteiger partial charge in [-0.2, -0.15) is 0 Å². The van der Waals surface area contributed by atoms with Gasteiger partial charge in [0.05, 0.1) is 0 Å². The average Bonchev–Trinajstić information content (AvgIpc) is 3.09. The van der Waals surface area contributed by atoms with Gasteiger partial charge in [0.2, 0.25) is 11.8 Å². The van der Waals surface area contributed by atoms with Crippen molar-refractivity contribution in [3.05, 3.63) is 41.6 Å². The number of hydrogen-bond acceptors (Lipinski definition) is 2. The van der Waals surface area contributed by atoms with Crippen LogP contribution in [0.2, 0.25) is 0 Å². The minimum atomic E-state index is 0.0740. The smallest absolute Gasteiger partial charge is 0.228 e. The summed E-state index contributed by atoms with van der Waals surface area (Å²) in [6.07, 6.45) is 7.15. The highest BCUT2D eigenvalue weighted by Crippen LogP contribution is 2.66. The second-order valence-corrected chi connectivity index (χ2v) is 11.1. The number of fused-ring (bicyclic) bond motifs is 5. The SMILES string of the molecule is CC1=C2N(C)C(=O)CC[C@]2(C)C2CC[C@@]3(C)C(CC[C@@H]3C(=O)Nc3ccccc3)C2C1. The Kier molecular flexibility index (Phi) is 4.84. The minimum Gasteiger partial charge on any atom is -0.326 e. The van der Waals surface area contributed by atoms with Crippen LogP contribution in [0.4, 0.5) is 5.69 Å². The Morgan fingerprint density at radius 1 is 1.06 bits per heavy atom. The third-order valence-corrected chi connectivity index (χ3v) is 9.67. The highest BCUT2D eigenvalue weighted by molar-refractivity contribution is 5.93. The molecule has 1 aromatic rings. The highest BCUT2D eigenvalue weighted by Gasteiger charge is 2.61. The first kappa shape index (κ1) is 20.8. The number of benzene rings is 1. The Morgan fingerprint density at radius 3 is 2.55 bits per heavy atom. The standard InChI is InChI=1S/C27H36N2O2/c1-17-16-19-20-10-11-22(25(31)28-18-8-6-5-7-9-18)26(20,2)14-12-21(19)27(3)15-13-23(30)29(4)24(17)27/h5-9,19-22H,10-16H2,1-4H3,(H,28,31)/t19?,20?,21?,22-,26+,27-/m1/s1. The number of rotatable bonds is 2. The molecule has 0 bridgehead atoms. The molecule has 6 atom stereocenters. The number of nitrogens with one attached hydrogen (secondary N) is 1. The number of amides is 2. The lowest BCUT2D eigenvalue weighted by Crippen LogP contribution is -2.54. The number of piperidine rings is 1. The van der Waals surface area contributed by atoms with E-state index >= 15 is 0 Å². The Morgan fingerprint density at radius 2 is 1.81 bits per heavy atom. The van der Waals surface area contributed by atoms with Gasteiger partial charge in [0.15, 0.2) is 0 Å². The van der Waals surface area contributed by atoms with Crippen molar-refractivity contribution in [1.29, 1.82) is 0 Å². The molecule has 4 aliphatic rings. The highest BCUT2D eigenvalue weighted by atomic mass is 16.2. The molecule has 166 valence electrons. The summed E-state index contributed by atoms with van der Waals surface area (Å²) in [7, 11) is 1.98. The molecular weight excluding hydrogens is 384 g/mol. The van der Waals surface area contributed by atoms with Crippen molar-refractivity contribution >= 4 is 17.5 Å². The molecular formula is C27H36N2O2. The zero-order valence-electron chi connectivity index (χ0n) is 19.4. The van der Waals surface area contributed by atoms with Gasteiger partial charge in [-0.25, -0.2) is 0 Å². The molecule has 5 rings (SSSR count). The first-order valence-corrected chi connectivity index (χ1v) is 12.1. The molecule has 31 heavy (non-hydrogen) atoms. The van der Waals surface area contributed by atoms with Crippen molar-refractivity contribution in [2.24, 2.45) is 34.5 Å². The quantitative estimate of drug-likeness (QED) is 0.675. The number of anilines is 1. The van der Waals surface area contributed by atoms with E-state index in [1.54, 1.807) is 0 Å². The fraction of sp³-hybridized carbons (Fsp3) is 0.630. The van der Waals surface area contributed by atoms with Gasteiger partial charge in [0.1, 0.15) is 0 Å². The molecule has 0 aromatic heterocycles. The summed E-state index contributed by atoms with van der Waals surface area (Å²) in [4.78, 5) is 27.7. The van der Waals surface area contributed by atoms with Crippen LogP contribution in [0, 0.1) is 34.5 Å². The molecule has 0 radical (unpaired) electrons. The lowest BCUT2D eigenvalue weighted by molar-refractivity contribution is -0.137. The fourth-order valence-electron chi connectivity index (χ4n) is 8.29. The molecule has 2 amide bonds. The van der Waals surface area contributed by atoms with Gasteiger partial charge in [-0.1, -0.05) is 37.6 Å². The summed E-state index contributed by atoms with van der Waals surface area (Å²) in [5.41, 5.74) is 3.79. The van der Waals surface area contributed by atoms with Crippen molar-refractivity contribution in [1.82, 2.24) is 4.90 Å². The summed E-state index contributed by atoms with van der Waals surface area (Å²) < 4.78 is 0. The molecule has 1 saturated heterocycles. The van der Waals surface area contributed by atoms with E-state index in [0.717, 1.165) is 37.8 Å². The summed E-state index contributed by atoms with van der Waals surface area (Å²) in [5, 5.41) is 3.19. The van der Waals surface area contributed by atoms with Crippen LogP contribution in [-0.4, -0.2) is 23.8 Å². The van der Waals surface area contributed by atoms with E-state index in [-0.39, 0.29) is 28.6 Å². The zero-order chi connectivity index (χ0) is 22.0. The van der Waals surface area contributed by atoms with Gasteiger partial charge in [-0.3, -0.25) is 9.59 Å². The van der Waals surface area contributed by atoms with Gasteiger partial charge in [0, 0.05) is 36.2 Å². The molecule has 2 saturated carbocycles. The molecule has 3 fully saturated rings. The van der Waals surface area contributed by atoms with Crippen LogP contribution in [0.15, 0.2) is 41.6 Å². The summed E-state index contributed by atoms with van der Waals surface area (Å²) in [5.74, 6) is 2.40. The minimum absolute atomic E-state index is 0.0740. The van der Waals surface area contributed by atoms with Gasteiger partial charge in [-0.15, -0.1) is 0 Å². The lowest BCUT2D eigenvalue weighted by Gasteiger charge is -2.59. The Hall–Kier alpha value is -2.10. The number of para-hydroxylation sites is 1. The third-order valence-electron chi connectivity index (χ3n) is 9.67. The van der Waals surface area contributed by atoms with Crippen molar-refractivity contribution in [3.8, 4) is 0 Å². The summed E-state index contributed by atoms with van der Waals surface area (Å²) in [6, 6.07) is 9.88. The zero-order valence-corrected chi connectivity index (χ0v) is 19.4. The molecule has 1 heterocycles. The molecule has 4 heteroatoms. The maximum absolute atomic E-state index is 13.3. The number of nitrogens with zero attached hydrogens (tertiary/aromatic N) is 1. The molecule has 1 N–H and O–H groups in total. The largest absolute Gasteiger partial charge is 0.326 e. The van der Waals surface area contributed by atoms with Crippen LogP contribution in [0.5, 0.6) is 0 Å². The maximum atomic E-state index is 13.3. The number of hydrogen-bond donors (Lipinski definition) is 1. The Balaban J connectivity index is 1.43.